The molecule has 0 bridgehead atoms. The third-order valence-electron chi connectivity index (χ3n) is 3.38. The molecule has 0 saturated heterocycles. The van der Waals surface area contributed by atoms with Crippen LogP contribution in [0.2, 0.25) is 0 Å². The minimum Gasteiger partial charge on any atom is -0.382 e. The average molecular weight is 234 g/mol. The fraction of sp³-hybridized carbons (Fsp3) is 0.538. The van der Waals surface area contributed by atoms with Crippen LogP contribution in [0.4, 0.5) is 11.4 Å². The molecule has 0 aliphatic heterocycles. The molecule has 0 aromatic heterocycles. The van der Waals surface area contributed by atoms with Crippen LogP contribution in [-0.2, 0) is 0 Å². The van der Waals surface area contributed by atoms with Gasteiger partial charge < -0.3 is 5.32 Å². The first-order valence-electron chi connectivity index (χ1n) is 6.18. The zero-order valence-corrected chi connectivity index (χ0v) is 10.1. The minimum absolute atomic E-state index is 0.200. The number of hydrogen-bond donors (Lipinski definition) is 1. The Hall–Kier alpha value is -1.58. The van der Waals surface area contributed by atoms with E-state index in [9.17, 15) is 10.1 Å². The molecule has 0 spiro atoms. The van der Waals surface area contributed by atoms with E-state index < -0.39 is 0 Å². The second kappa shape index (κ2) is 5.17. The van der Waals surface area contributed by atoms with Gasteiger partial charge in [-0.3, -0.25) is 10.1 Å². The summed E-state index contributed by atoms with van der Waals surface area (Å²) >= 11 is 0. The number of nitro groups is 1. The standard InChI is InChI=1S/C13H18N2O2/c1-10-7-8-12(9-13(10)15(16)17)14-11-5-3-2-4-6-11/h7-9,11,14H,2-6H2,1H3. The van der Waals surface area contributed by atoms with Gasteiger partial charge in [-0.1, -0.05) is 25.3 Å². The van der Waals surface area contributed by atoms with Crippen molar-refractivity contribution in [1.82, 2.24) is 0 Å². The number of hydrogen-bond acceptors (Lipinski definition) is 3. The first kappa shape index (κ1) is 11.9. The maximum absolute atomic E-state index is 10.8. The molecule has 1 aromatic rings. The lowest BCUT2D eigenvalue weighted by atomic mass is 9.95. The summed E-state index contributed by atoms with van der Waals surface area (Å²) in [6, 6.07) is 5.86. The van der Waals surface area contributed by atoms with Crippen LogP contribution < -0.4 is 5.32 Å². The predicted molar refractivity (Wildman–Crippen MR) is 68.3 cm³/mol. The first-order valence-corrected chi connectivity index (χ1v) is 6.18. The van der Waals surface area contributed by atoms with Crippen molar-refractivity contribution in [2.45, 2.75) is 45.1 Å². The number of benzene rings is 1. The van der Waals surface area contributed by atoms with Gasteiger partial charge in [0.05, 0.1) is 4.92 Å². The van der Waals surface area contributed by atoms with E-state index in [1.165, 1.54) is 32.1 Å². The fourth-order valence-electron chi connectivity index (χ4n) is 2.38. The second-order valence-corrected chi connectivity index (χ2v) is 4.74. The third-order valence-corrected chi connectivity index (χ3v) is 3.38. The normalized spacial score (nSPS) is 16.8. The van der Waals surface area contributed by atoms with Gasteiger partial charge in [-0.25, -0.2) is 0 Å². The lowest BCUT2D eigenvalue weighted by molar-refractivity contribution is -0.385. The van der Waals surface area contributed by atoms with Gasteiger partial charge >= 0.3 is 0 Å². The Kier molecular flexibility index (Phi) is 3.61. The van der Waals surface area contributed by atoms with Crippen LogP contribution >= 0.6 is 0 Å². The summed E-state index contributed by atoms with van der Waals surface area (Å²) in [6.07, 6.45) is 6.16. The van der Waals surface area contributed by atoms with Crippen LogP contribution in [0.15, 0.2) is 18.2 Å². The van der Waals surface area contributed by atoms with Crippen LogP contribution in [0, 0.1) is 17.0 Å². The van der Waals surface area contributed by atoms with E-state index in [0.29, 0.717) is 11.6 Å². The molecule has 92 valence electrons. The van der Waals surface area contributed by atoms with Gasteiger partial charge in [0.15, 0.2) is 0 Å². The molecule has 0 atom stereocenters. The van der Waals surface area contributed by atoms with E-state index in [2.05, 4.69) is 5.32 Å². The summed E-state index contributed by atoms with van der Waals surface area (Å²) < 4.78 is 0. The molecule has 1 N–H and O–H groups in total. The van der Waals surface area contributed by atoms with E-state index in [-0.39, 0.29) is 10.6 Å². The van der Waals surface area contributed by atoms with Crippen molar-refractivity contribution < 1.29 is 4.92 Å². The molecule has 0 heterocycles. The van der Waals surface area contributed by atoms with Crippen LogP contribution in [0.3, 0.4) is 0 Å². The van der Waals surface area contributed by atoms with E-state index in [1.807, 2.05) is 12.1 Å². The number of nitrogens with zero attached hydrogens (tertiary/aromatic N) is 1. The average Bonchev–Trinajstić information content (AvgIpc) is 2.32. The SMILES string of the molecule is Cc1ccc(NC2CCCCC2)cc1[N+](=O)[O-]. The van der Waals surface area contributed by atoms with Crippen molar-refractivity contribution in [3.05, 3.63) is 33.9 Å². The van der Waals surface area contributed by atoms with Crippen LogP contribution in [0.1, 0.15) is 37.7 Å². The Morgan fingerprint density at radius 2 is 2.00 bits per heavy atom. The van der Waals surface area contributed by atoms with Gasteiger partial charge in [-0.2, -0.15) is 0 Å². The highest BCUT2D eigenvalue weighted by Gasteiger charge is 2.15. The number of nitrogens with one attached hydrogen (secondary N) is 1. The molecule has 1 aliphatic rings. The molecular formula is C13H18N2O2. The van der Waals surface area contributed by atoms with Crippen molar-refractivity contribution in [3.8, 4) is 0 Å². The molecule has 4 heteroatoms. The summed E-state index contributed by atoms with van der Waals surface area (Å²) in [4.78, 5) is 10.5. The zero-order chi connectivity index (χ0) is 12.3. The number of rotatable bonds is 3. The van der Waals surface area contributed by atoms with E-state index in [4.69, 9.17) is 0 Å². The molecule has 0 unspecified atom stereocenters. The van der Waals surface area contributed by atoms with Gasteiger partial charge in [-0.15, -0.1) is 0 Å². The van der Waals surface area contributed by atoms with Gasteiger partial charge in [0.25, 0.3) is 5.69 Å². The van der Waals surface area contributed by atoms with Crippen molar-refractivity contribution in [2.24, 2.45) is 0 Å². The first-order chi connectivity index (χ1) is 8.16. The maximum atomic E-state index is 10.8. The quantitative estimate of drug-likeness (QED) is 0.641. The Morgan fingerprint density at radius 1 is 1.29 bits per heavy atom. The Bertz CT molecular complexity index is 412. The molecule has 1 fully saturated rings. The fourth-order valence-corrected chi connectivity index (χ4v) is 2.38. The van der Waals surface area contributed by atoms with Crippen molar-refractivity contribution in [3.63, 3.8) is 0 Å². The molecule has 17 heavy (non-hydrogen) atoms. The second-order valence-electron chi connectivity index (χ2n) is 4.74. The smallest absolute Gasteiger partial charge is 0.274 e. The Balaban J connectivity index is 2.10. The topological polar surface area (TPSA) is 55.2 Å². The van der Waals surface area contributed by atoms with Gasteiger partial charge in [-0.05, 0) is 25.8 Å². The molecule has 4 nitrogen and oxygen atoms in total. The zero-order valence-electron chi connectivity index (χ0n) is 10.1. The van der Waals surface area contributed by atoms with Gasteiger partial charge in [0.2, 0.25) is 0 Å². The summed E-state index contributed by atoms with van der Waals surface area (Å²) in [5, 5.41) is 14.2. The lowest BCUT2D eigenvalue weighted by Crippen LogP contribution is -2.22. The van der Waals surface area contributed by atoms with E-state index in [0.717, 1.165) is 5.69 Å². The van der Waals surface area contributed by atoms with Crippen LogP contribution in [-0.4, -0.2) is 11.0 Å². The number of anilines is 1. The molecule has 1 aromatic carbocycles. The lowest BCUT2D eigenvalue weighted by Gasteiger charge is -2.23. The molecule has 0 amide bonds. The van der Waals surface area contributed by atoms with Gasteiger partial charge in [0, 0.05) is 23.4 Å². The molecule has 2 rings (SSSR count). The predicted octanol–water partition coefficient (Wildman–Crippen LogP) is 3.65. The molecule has 1 saturated carbocycles. The minimum atomic E-state index is -0.318. The molecule has 1 aliphatic carbocycles. The van der Waals surface area contributed by atoms with Gasteiger partial charge in [0.1, 0.15) is 0 Å². The molecule has 0 radical (unpaired) electrons. The monoisotopic (exact) mass is 234 g/mol. The number of nitro benzene ring substituents is 1. The Morgan fingerprint density at radius 3 is 2.65 bits per heavy atom. The highest BCUT2D eigenvalue weighted by Crippen LogP contribution is 2.26. The van der Waals surface area contributed by atoms with E-state index in [1.54, 1.807) is 13.0 Å². The Labute approximate surface area is 101 Å². The van der Waals surface area contributed by atoms with E-state index >= 15 is 0 Å². The summed E-state index contributed by atoms with van der Waals surface area (Å²) in [5.74, 6) is 0. The summed E-state index contributed by atoms with van der Waals surface area (Å²) in [5.41, 5.74) is 1.78. The largest absolute Gasteiger partial charge is 0.382 e. The summed E-state index contributed by atoms with van der Waals surface area (Å²) in [7, 11) is 0. The summed E-state index contributed by atoms with van der Waals surface area (Å²) in [6.45, 7) is 1.77. The van der Waals surface area contributed by atoms with Crippen molar-refractivity contribution in [1.29, 1.82) is 0 Å². The van der Waals surface area contributed by atoms with Crippen molar-refractivity contribution in [2.75, 3.05) is 5.32 Å². The molecular weight excluding hydrogens is 216 g/mol. The highest BCUT2D eigenvalue weighted by molar-refractivity contribution is 5.55. The van der Waals surface area contributed by atoms with Crippen molar-refractivity contribution >= 4 is 11.4 Å². The maximum Gasteiger partial charge on any atom is 0.274 e. The van der Waals surface area contributed by atoms with Crippen LogP contribution in [0.25, 0.3) is 0 Å². The highest BCUT2D eigenvalue weighted by atomic mass is 16.6. The number of aryl methyl sites for hydroxylation is 1. The van der Waals surface area contributed by atoms with Crippen LogP contribution in [0.5, 0.6) is 0 Å². The third kappa shape index (κ3) is 2.96.